The Hall–Kier alpha value is -2.18. The fourth-order valence-electron chi connectivity index (χ4n) is 2.68. The number of hydrogen-bond acceptors (Lipinski definition) is 4. The van der Waals surface area contributed by atoms with Gasteiger partial charge in [0.25, 0.3) is 0 Å². The summed E-state index contributed by atoms with van der Waals surface area (Å²) in [5.74, 6) is -0.334. The van der Waals surface area contributed by atoms with Gasteiger partial charge < -0.3 is 14.8 Å². The van der Waals surface area contributed by atoms with Crippen LogP contribution in [0.15, 0.2) is 42.6 Å². The van der Waals surface area contributed by atoms with Crippen molar-refractivity contribution in [3.63, 3.8) is 0 Å². The molecule has 3 rings (SSSR count). The molecule has 1 aromatic carbocycles. The summed E-state index contributed by atoms with van der Waals surface area (Å²) in [6.45, 7) is 0.870. The van der Waals surface area contributed by atoms with Crippen molar-refractivity contribution in [3.8, 4) is 5.88 Å². The topological polar surface area (TPSA) is 60.5 Å². The number of rotatable bonds is 5. The number of carbonyl (C=O) groups is 1. The first-order valence-electron chi connectivity index (χ1n) is 8.01. The first-order valence-corrected chi connectivity index (χ1v) is 8.39. The van der Waals surface area contributed by atoms with Crippen LogP contribution in [-0.4, -0.2) is 36.3 Å². The fourth-order valence-corrected chi connectivity index (χ4v) is 2.91. The predicted octanol–water partition coefficient (Wildman–Crippen LogP) is 2.77. The highest BCUT2D eigenvalue weighted by atomic mass is 35.5. The molecule has 25 heavy (non-hydrogen) atoms. The van der Waals surface area contributed by atoms with Crippen molar-refractivity contribution in [2.24, 2.45) is 0 Å². The van der Waals surface area contributed by atoms with E-state index in [-0.39, 0.29) is 35.1 Å². The van der Waals surface area contributed by atoms with Crippen molar-refractivity contribution < 1.29 is 18.7 Å². The molecule has 1 N–H and O–H groups in total. The fraction of sp³-hybridized carbons (Fsp3) is 0.333. The van der Waals surface area contributed by atoms with Crippen molar-refractivity contribution in [1.29, 1.82) is 0 Å². The maximum atomic E-state index is 13.8. The predicted molar refractivity (Wildman–Crippen MR) is 91.1 cm³/mol. The molecule has 1 fully saturated rings. The second-order valence-corrected chi connectivity index (χ2v) is 6.15. The van der Waals surface area contributed by atoms with Gasteiger partial charge in [0.05, 0.1) is 19.1 Å². The Balaban J connectivity index is 1.64. The molecule has 2 aromatic rings. The molecule has 1 aliphatic rings. The van der Waals surface area contributed by atoms with Crippen molar-refractivity contribution in [2.75, 3.05) is 13.2 Å². The monoisotopic (exact) mass is 364 g/mol. The average Bonchev–Trinajstić information content (AvgIpc) is 2.61. The lowest BCUT2D eigenvalue weighted by molar-refractivity contribution is -0.123. The Morgan fingerprint density at radius 3 is 3.00 bits per heavy atom. The van der Waals surface area contributed by atoms with Crippen molar-refractivity contribution in [2.45, 2.75) is 25.0 Å². The molecule has 2 atom stereocenters. The number of amides is 1. The number of halogens is 2. The second-order valence-electron chi connectivity index (χ2n) is 5.74. The van der Waals surface area contributed by atoms with Gasteiger partial charge in [-0.25, -0.2) is 9.37 Å². The second kappa shape index (κ2) is 8.27. The molecule has 0 unspecified atom stereocenters. The van der Waals surface area contributed by atoms with Crippen molar-refractivity contribution >= 4 is 17.5 Å². The van der Waals surface area contributed by atoms with E-state index in [4.69, 9.17) is 21.1 Å². The first-order chi connectivity index (χ1) is 12.1. The van der Waals surface area contributed by atoms with E-state index in [2.05, 4.69) is 10.3 Å². The smallest absolute Gasteiger partial charge is 0.224 e. The third-order valence-electron chi connectivity index (χ3n) is 3.96. The van der Waals surface area contributed by atoms with Crippen LogP contribution in [0.1, 0.15) is 12.0 Å². The lowest BCUT2D eigenvalue weighted by atomic mass is 10.0. The molecule has 1 aliphatic heterocycles. The van der Waals surface area contributed by atoms with Gasteiger partial charge in [-0.1, -0.05) is 23.7 Å². The Kier molecular flexibility index (Phi) is 5.83. The lowest BCUT2D eigenvalue weighted by Crippen LogP contribution is -2.51. The maximum Gasteiger partial charge on any atom is 0.224 e. The normalized spacial score (nSPS) is 20.1. The third-order valence-corrected chi connectivity index (χ3v) is 4.31. The van der Waals surface area contributed by atoms with Crippen molar-refractivity contribution in [3.05, 3.63) is 59.0 Å². The van der Waals surface area contributed by atoms with E-state index in [0.717, 1.165) is 0 Å². The molecule has 5 nitrogen and oxygen atoms in total. The number of carbonyl (C=O) groups excluding carboxylic acids is 1. The quantitative estimate of drug-likeness (QED) is 0.886. The molecule has 0 spiro atoms. The Bertz CT molecular complexity index is 709. The van der Waals surface area contributed by atoms with Crippen LogP contribution in [0.2, 0.25) is 5.02 Å². The van der Waals surface area contributed by atoms with Gasteiger partial charge in [0.15, 0.2) is 0 Å². The number of nitrogens with one attached hydrogen (secondary N) is 1. The van der Waals surface area contributed by atoms with E-state index >= 15 is 0 Å². The zero-order valence-electron chi connectivity index (χ0n) is 13.5. The zero-order chi connectivity index (χ0) is 17.6. The Morgan fingerprint density at radius 2 is 2.24 bits per heavy atom. The van der Waals surface area contributed by atoms with Gasteiger partial charge in [-0.2, -0.15) is 0 Å². The number of aromatic nitrogens is 1. The summed E-state index contributed by atoms with van der Waals surface area (Å²) in [5.41, 5.74) is 0.191. The molecule has 7 heteroatoms. The van der Waals surface area contributed by atoms with Gasteiger partial charge in [0, 0.05) is 29.5 Å². The van der Waals surface area contributed by atoms with E-state index < -0.39 is 5.82 Å². The standard InChI is InChI=1S/C18H18ClFN2O3/c19-13-4-3-5-14(20)12(13)10-17(23)22-15-7-9-24-11-16(15)25-18-6-1-2-8-21-18/h1-6,8,15-16H,7,9-11H2,(H,22,23)/t15-,16-/m1/s1. The van der Waals surface area contributed by atoms with Gasteiger partial charge >= 0.3 is 0 Å². The zero-order valence-corrected chi connectivity index (χ0v) is 14.2. The number of nitrogens with zero attached hydrogens (tertiary/aromatic N) is 1. The first kappa shape index (κ1) is 17.6. The number of ether oxygens (including phenoxy) is 2. The summed E-state index contributed by atoms with van der Waals surface area (Å²) in [5, 5.41) is 3.13. The van der Waals surface area contributed by atoms with Crippen LogP contribution in [0.4, 0.5) is 4.39 Å². The Morgan fingerprint density at radius 1 is 1.36 bits per heavy atom. The number of pyridine rings is 1. The molecule has 0 radical (unpaired) electrons. The van der Waals surface area contributed by atoms with Crippen LogP contribution in [0, 0.1) is 5.82 Å². The summed E-state index contributed by atoms with van der Waals surface area (Å²) >= 11 is 5.98. The molecule has 2 heterocycles. The summed E-state index contributed by atoms with van der Waals surface area (Å²) in [6.07, 6.45) is 1.75. The van der Waals surface area contributed by atoms with Gasteiger partial charge in [0.1, 0.15) is 11.9 Å². The highest BCUT2D eigenvalue weighted by Crippen LogP contribution is 2.20. The van der Waals surface area contributed by atoms with Crippen LogP contribution < -0.4 is 10.1 Å². The van der Waals surface area contributed by atoms with E-state index in [1.54, 1.807) is 24.4 Å². The third kappa shape index (κ3) is 4.67. The average molecular weight is 365 g/mol. The molecule has 1 saturated heterocycles. The summed E-state index contributed by atoms with van der Waals surface area (Å²) in [6, 6.07) is 9.47. The van der Waals surface area contributed by atoms with Crippen LogP contribution in [0.25, 0.3) is 0 Å². The van der Waals surface area contributed by atoms with E-state index in [1.807, 2.05) is 6.07 Å². The summed E-state index contributed by atoms with van der Waals surface area (Å²) < 4.78 is 25.1. The molecular weight excluding hydrogens is 347 g/mol. The van der Waals surface area contributed by atoms with Gasteiger partial charge in [0.2, 0.25) is 11.8 Å². The minimum atomic E-state index is -0.490. The van der Waals surface area contributed by atoms with Crippen molar-refractivity contribution in [1.82, 2.24) is 10.3 Å². The van der Waals surface area contributed by atoms with E-state index in [1.165, 1.54) is 12.1 Å². The molecule has 0 saturated carbocycles. The minimum Gasteiger partial charge on any atom is -0.470 e. The largest absolute Gasteiger partial charge is 0.470 e. The molecule has 1 aromatic heterocycles. The number of hydrogen-bond donors (Lipinski definition) is 1. The van der Waals surface area contributed by atoms with Gasteiger partial charge in [-0.05, 0) is 24.6 Å². The Labute approximate surface area is 150 Å². The van der Waals surface area contributed by atoms with E-state index in [9.17, 15) is 9.18 Å². The highest BCUT2D eigenvalue weighted by molar-refractivity contribution is 6.31. The SMILES string of the molecule is O=C(Cc1c(F)cccc1Cl)N[C@@H]1CCOC[C@H]1Oc1ccccn1. The molecule has 0 bridgehead atoms. The molecule has 132 valence electrons. The van der Waals surface area contributed by atoms with Crippen LogP contribution in [0.5, 0.6) is 5.88 Å². The van der Waals surface area contributed by atoms with Crippen LogP contribution in [-0.2, 0) is 16.0 Å². The number of benzene rings is 1. The van der Waals surface area contributed by atoms with Gasteiger partial charge in [-0.3, -0.25) is 4.79 Å². The summed E-state index contributed by atoms with van der Waals surface area (Å²) in [4.78, 5) is 16.5. The highest BCUT2D eigenvalue weighted by Gasteiger charge is 2.29. The van der Waals surface area contributed by atoms with Gasteiger partial charge in [-0.15, -0.1) is 0 Å². The van der Waals surface area contributed by atoms with E-state index in [0.29, 0.717) is 25.5 Å². The minimum absolute atomic E-state index is 0.126. The lowest BCUT2D eigenvalue weighted by Gasteiger charge is -2.32. The molecule has 0 aliphatic carbocycles. The molecule has 1 amide bonds. The summed E-state index contributed by atoms with van der Waals surface area (Å²) in [7, 11) is 0. The van der Waals surface area contributed by atoms with Crippen LogP contribution >= 0.6 is 11.6 Å². The molecular formula is C18H18ClFN2O3. The van der Waals surface area contributed by atoms with Crippen LogP contribution in [0.3, 0.4) is 0 Å². The maximum absolute atomic E-state index is 13.8.